The third-order valence-electron chi connectivity index (χ3n) is 7.09. The fourth-order valence-corrected chi connectivity index (χ4v) is 5.59. The average molecular weight is 438 g/mol. The van der Waals surface area contributed by atoms with Gasteiger partial charge in [0.1, 0.15) is 23.0 Å². The zero-order valence-electron chi connectivity index (χ0n) is 18.0. The van der Waals surface area contributed by atoms with Gasteiger partial charge < -0.3 is 9.30 Å². The Labute approximate surface area is 189 Å². The second kappa shape index (κ2) is 8.84. The molecule has 0 amide bonds. The number of halogens is 1. The summed E-state index contributed by atoms with van der Waals surface area (Å²) in [4.78, 5) is 13.2. The van der Waals surface area contributed by atoms with E-state index in [9.17, 15) is 5.26 Å². The van der Waals surface area contributed by atoms with Gasteiger partial charge in [0.05, 0.1) is 12.9 Å². The van der Waals surface area contributed by atoms with Gasteiger partial charge in [0.25, 0.3) is 0 Å². The highest BCUT2D eigenvalue weighted by atomic mass is 35.5. The predicted octanol–water partition coefficient (Wildman–Crippen LogP) is 5.23. The summed E-state index contributed by atoms with van der Waals surface area (Å²) >= 11 is 0. The number of hydrogen-bond donors (Lipinski definition) is 0. The van der Waals surface area contributed by atoms with Crippen molar-refractivity contribution in [3.63, 3.8) is 0 Å². The van der Waals surface area contributed by atoms with Crippen LogP contribution in [0.15, 0.2) is 24.5 Å². The first-order valence-corrected chi connectivity index (χ1v) is 11.0. The maximum atomic E-state index is 9.32. The van der Waals surface area contributed by atoms with Gasteiger partial charge >= 0.3 is 0 Å². The lowest BCUT2D eigenvalue weighted by atomic mass is 9.77. The second-order valence-electron chi connectivity index (χ2n) is 8.84. The first-order chi connectivity index (χ1) is 14.6. The number of imidazole rings is 1. The van der Waals surface area contributed by atoms with Gasteiger partial charge in [-0.25, -0.2) is 9.97 Å². The Morgan fingerprint density at radius 1 is 1.16 bits per heavy atom. The molecule has 0 spiro atoms. The lowest BCUT2D eigenvalue weighted by molar-refractivity contribution is 0.176. The SMILES string of the molecule is Cc1cc(-c2nc(C#N)nc3c2ncn3C)ccc1OCCC1C2CCCC1CC2.Cl. The summed E-state index contributed by atoms with van der Waals surface area (Å²) < 4.78 is 8.00. The summed E-state index contributed by atoms with van der Waals surface area (Å²) in [5, 5.41) is 9.32. The smallest absolute Gasteiger partial charge is 0.234 e. The van der Waals surface area contributed by atoms with Crippen LogP contribution in [-0.4, -0.2) is 26.1 Å². The zero-order valence-corrected chi connectivity index (χ0v) is 18.9. The monoisotopic (exact) mass is 437 g/mol. The molecule has 0 saturated heterocycles. The van der Waals surface area contributed by atoms with Crippen molar-refractivity contribution in [2.45, 2.75) is 45.4 Å². The Balaban J connectivity index is 0.00000231. The second-order valence-corrected chi connectivity index (χ2v) is 8.84. The van der Waals surface area contributed by atoms with Crippen LogP contribution in [0.2, 0.25) is 0 Å². The van der Waals surface area contributed by atoms with Crippen LogP contribution in [0.25, 0.3) is 22.4 Å². The lowest BCUT2D eigenvalue weighted by Crippen LogP contribution is -2.22. The highest BCUT2D eigenvalue weighted by Gasteiger charge is 2.38. The molecular formula is C24H28ClN5O. The number of rotatable bonds is 5. The van der Waals surface area contributed by atoms with Gasteiger partial charge in [-0.3, -0.25) is 0 Å². The molecule has 1 aromatic carbocycles. The van der Waals surface area contributed by atoms with Crippen molar-refractivity contribution in [1.82, 2.24) is 19.5 Å². The van der Waals surface area contributed by atoms with E-state index < -0.39 is 0 Å². The van der Waals surface area contributed by atoms with Crippen LogP contribution in [0.1, 0.15) is 49.9 Å². The normalized spacial score (nSPS) is 22.2. The highest BCUT2D eigenvalue weighted by molar-refractivity contribution is 5.87. The molecule has 2 aliphatic rings. The fourth-order valence-electron chi connectivity index (χ4n) is 5.59. The van der Waals surface area contributed by atoms with Crippen molar-refractivity contribution in [2.24, 2.45) is 24.8 Å². The number of benzene rings is 1. The minimum Gasteiger partial charge on any atom is -0.493 e. The molecule has 2 saturated carbocycles. The van der Waals surface area contributed by atoms with E-state index >= 15 is 0 Å². The van der Waals surface area contributed by atoms with Crippen LogP contribution in [0.5, 0.6) is 5.75 Å². The average Bonchev–Trinajstić information content (AvgIpc) is 3.22. The molecule has 2 aliphatic carbocycles. The van der Waals surface area contributed by atoms with E-state index in [0.717, 1.165) is 41.2 Å². The van der Waals surface area contributed by atoms with Crippen molar-refractivity contribution in [3.8, 4) is 23.1 Å². The number of nitriles is 1. The number of aromatic nitrogens is 4. The summed E-state index contributed by atoms with van der Waals surface area (Å²) in [6.07, 6.45) is 9.98. The standard InChI is InChI=1S/C24H27N5O.ClH/c1-15-12-18(22-23-24(29(2)14-26-23)28-21(13-25)27-22)8-9-20(15)30-11-10-19-16-4-3-5-17(19)7-6-16;/h8-9,12,14,16-17,19H,3-7,10-11H2,1-2H3;1H. The fraction of sp³-hybridized carbons (Fsp3) is 0.500. The molecule has 6 nitrogen and oxygen atoms in total. The highest BCUT2D eigenvalue weighted by Crippen LogP contribution is 2.48. The zero-order chi connectivity index (χ0) is 20.7. The van der Waals surface area contributed by atoms with E-state index in [4.69, 9.17) is 4.74 Å². The number of ether oxygens (including phenoxy) is 1. The third kappa shape index (κ3) is 3.99. The number of hydrogen-bond acceptors (Lipinski definition) is 5. The minimum atomic E-state index is 0. The van der Waals surface area contributed by atoms with Gasteiger partial charge in [0, 0.05) is 12.6 Å². The first kappa shape index (κ1) is 21.6. The van der Waals surface area contributed by atoms with E-state index in [2.05, 4.69) is 34.0 Å². The molecule has 162 valence electrons. The van der Waals surface area contributed by atoms with Gasteiger partial charge in [-0.15, -0.1) is 12.4 Å². The van der Waals surface area contributed by atoms with E-state index in [1.54, 1.807) is 6.33 Å². The van der Waals surface area contributed by atoms with Crippen molar-refractivity contribution < 1.29 is 4.74 Å². The summed E-state index contributed by atoms with van der Waals surface area (Å²) in [5.74, 6) is 3.81. The number of fused-ring (bicyclic) bond motifs is 3. The van der Waals surface area contributed by atoms with Gasteiger partial charge in [-0.2, -0.15) is 10.2 Å². The molecule has 2 fully saturated rings. The predicted molar refractivity (Wildman–Crippen MR) is 122 cm³/mol. The molecular weight excluding hydrogens is 410 g/mol. The number of aryl methyl sites for hydroxylation is 2. The quantitative estimate of drug-likeness (QED) is 0.546. The largest absolute Gasteiger partial charge is 0.493 e. The molecule has 2 bridgehead atoms. The van der Waals surface area contributed by atoms with E-state index in [1.807, 2.05) is 23.7 Å². The number of nitrogens with zero attached hydrogens (tertiary/aromatic N) is 5. The maximum absolute atomic E-state index is 9.32. The van der Waals surface area contributed by atoms with E-state index in [1.165, 1.54) is 38.5 Å². The van der Waals surface area contributed by atoms with Gasteiger partial charge in [0.2, 0.25) is 5.82 Å². The molecule has 0 radical (unpaired) electrons. The molecule has 2 unspecified atom stereocenters. The van der Waals surface area contributed by atoms with Crippen LogP contribution in [0.3, 0.4) is 0 Å². The Kier molecular flexibility index (Phi) is 6.15. The molecule has 2 atom stereocenters. The van der Waals surface area contributed by atoms with Crippen molar-refractivity contribution in [3.05, 3.63) is 35.9 Å². The molecule has 3 aromatic rings. The summed E-state index contributed by atoms with van der Waals surface area (Å²) in [7, 11) is 1.87. The third-order valence-corrected chi connectivity index (χ3v) is 7.09. The molecule has 5 rings (SSSR count). The van der Waals surface area contributed by atoms with E-state index in [-0.39, 0.29) is 18.2 Å². The Hall–Kier alpha value is -2.65. The van der Waals surface area contributed by atoms with Crippen LogP contribution < -0.4 is 4.74 Å². The summed E-state index contributed by atoms with van der Waals surface area (Å²) in [6.45, 7) is 2.85. The van der Waals surface area contributed by atoms with E-state index in [0.29, 0.717) is 16.9 Å². The Morgan fingerprint density at radius 3 is 2.65 bits per heavy atom. The van der Waals surface area contributed by atoms with Gasteiger partial charge in [0.15, 0.2) is 5.65 Å². The van der Waals surface area contributed by atoms with Crippen molar-refractivity contribution in [2.75, 3.05) is 6.61 Å². The van der Waals surface area contributed by atoms with Crippen LogP contribution in [0.4, 0.5) is 0 Å². The molecule has 2 heterocycles. The maximum Gasteiger partial charge on any atom is 0.234 e. The van der Waals surface area contributed by atoms with Crippen LogP contribution >= 0.6 is 12.4 Å². The topological polar surface area (TPSA) is 76.6 Å². The Morgan fingerprint density at radius 2 is 1.94 bits per heavy atom. The summed E-state index contributed by atoms with van der Waals surface area (Å²) in [6, 6.07) is 8.14. The molecule has 0 N–H and O–H groups in total. The molecule has 0 aliphatic heterocycles. The molecule has 2 aromatic heterocycles. The lowest BCUT2D eigenvalue weighted by Gasteiger charge is -2.30. The first-order valence-electron chi connectivity index (χ1n) is 11.0. The van der Waals surface area contributed by atoms with Crippen molar-refractivity contribution >= 4 is 23.6 Å². The van der Waals surface area contributed by atoms with Crippen LogP contribution in [-0.2, 0) is 7.05 Å². The van der Waals surface area contributed by atoms with Gasteiger partial charge in [-0.05, 0) is 67.7 Å². The van der Waals surface area contributed by atoms with Crippen molar-refractivity contribution in [1.29, 1.82) is 5.26 Å². The molecule has 31 heavy (non-hydrogen) atoms. The molecule has 7 heteroatoms. The summed E-state index contributed by atoms with van der Waals surface area (Å²) in [5.41, 5.74) is 4.05. The Bertz CT molecular complexity index is 1120. The minimum absolute atomic E-state index is 0. The van der Waals surface area contributed by atoms with Crippen LogP contribution in [0, 0.1) is 36.0 Å². The van der Waals surface area contributed by atoms with Gasteiger partial charge in [-0.1, -0.05) is 19.3 Å².